The number of hydrogen-bond donors (Lipinski definition) is 1. The third-order valence-electron chi connectivity index (χ3n) is 3.14. The number of hydrogen-bond acceptors (Lipinski definition) is 2. The second-order valence-corrected chi connectivity index (χ2v) is 4.88. The van der Waals surface area contributed by atoms with Crippen molar-refractivity contribution in [2.75, 3.05) is 26.0 Å². The molecule has 0 aliphatic heterocycles. The highest BCUT2D eigenvalue weighted by atomic mass is 16.2. The van der Waals surface area contributed by atoms with Gasteiger partial charge in [0.25, 0.3) is 0 Å². The van der Waals surface area contributed by atoms with Gasteiger partial charge in [-0.2, -0.15) is 0 Å². The lowest BCUT2D eigenvalue weighted by Crippen LogP contribution is -2.21. The van der Waals surface area contributed by atoms with Crippen LogP contribution in [-0.4, -0.2) is 31.4 Å². The zero-order valence-corrected chi connectivity index (χ0v) is 11.5. The van der Waals surface area contributed by atoms with Crippen molar-refractivity contribution in [3.8, 4) is 0 Å². The van der Waals surface area contributed by atoms with Crippen molar-refractivity contribution in [1.82, 2.24) is 4.90 Å². The van der Waals surface area contributed by atoms with Crippen molar-refractivity contribution in [3.05, 3.63) is 42.5 Å². The average Bonchev–Trinajstić information content (AvgIpc) is 2.43. The van der Waals surface area contributed by atoms with Gasteiger partial charge in [0.1, 0.15) is 0 Å². The highest BCUT2D eigenvalue weighted by Crippen LogP contribution is 2.18. The fraction of sp³-hybridized carbons (Fsp3) is 0.312. The zero-order valence-electron chi connectivity index (χ0n) is 11.5. The maximum absolute atomic E-state index is 11.4. The fourth-order valence-electron chi connectivity index (χ4n) is 2.00. The number of nitrogens with one attached hydrogen (secondary N) is 1. The predicted octanol–water partition coefficient (Wildman–Crippen LogP) is 3.12. The van der Waals surface area contributed by atoms with E-state index in [0.29, 0.717) is 6.42 Å². The average molecular weight is 256 g/mol. The standard InChI is InChI=1S/C16H20N2O/c1-18(2)16(19)8-5-11-17-15-10-9-13-6-3-4-7-14(13)12-15/h3-4,6-7,9-10,12,17H,5,8,11H2,1-2H3. The normalized spacial score (nSPS) is 10.4. The minimum Gasteiger partial charge on any atom is -0.385 e. The Balaban J connectivity index is 1.86. The molecule has 3 nitrogen and oxygen atoms in total. The molecule has 0 bridgehead atoms. The van der Waals surface area contributed by atoms with E-state index in [1.807, 2.05) is 12.1 Å². The summed E-state index contributed by atoms with van der Waals surface area (Å²) in [4.78, 5) is 13.1. The molecule has 0 radical (unpaired) electrons. The molecule has 2 aromatic rings. The second-order valence-electron chi connectivity index (χ2n) is 4.88. The number of rotatable bonds is 5. The number of fused-ring (bicyclic) bond motifs is 1. The van der Waals surface area contributed by atoms with E-state index in [9.17, 15) is 4.79 Å². The molecule has 0 heterocycles. The molecule has 19 heavy (non-hydrogen) atoms. The highest BCUT2D eigenvalue weighted by molar-refractivity contribution is 5.85. The third-order valence-corrected chi connectivity index (χ3v) is 3.14. The van der Waals surface area contributed by atoms with Crippen molar-refractivity contribution in [2.24, 2.45) is 0 Å². The van der Waals surface area contributed by atoms with Gasteiger partial charge in [0.15, 0.2) is 0 Å². The molecule has 3 heteroatoms. The van der Waals surface area contributed by atoms with Crippen LogP contribution < -0.4 is 5.32 Å². The van der Waals surface area contributed by atoms with Crippen LogP contribution in [0.3, 0.4) is 0 Å². The molecule has 1 N–H and O–H groups in total. The number of nitrogens with zero attached hydrogens (tertiary/aromatic N) is 1. The van der Waals surface area contributed by atoms with Crippen molar-refractivity contribution in [3.63, 3.8) is 0 Å². The molecule has 0 atom stereocenters. The highest BCUT2D eigenvalue weighted by Gasteiger charge is 2.02. The molecule has 100 valence electrons. The number of anilines is 1. The van der Waals surface area contributed by atoms with Crippen LogP contribution in [0, 0.1) is 0 Å². The molecule has 0 aliphatic carbocycles. The maximum Gasteiger partial charge on any atom is 0.222 e. The van der Waals surface area contributed by atoms with Gasteiger partial charge in [0.05, 0.1) is 0 Å². The Morgan fingerprint density at radius 1 is 1.11 bits per heavy atom. The number of benzene rings is 2. The van der Waals surface area contributed by atoms with E-state index in [2.05, 4.69) is 35.6 Å². The minimum absolute atomic E-state index is 0.181. The summed E-state index contributed by atoms with van der Waals surface area (Å²) in [6.45, 7) is 0.817. The van der Waals surface area contributed by atoms with E-state index < -0.39 is 0 Å². The molecule has 0 unspecified atom stereocenters. The Labute approximate surface area is 114 Å². The van der Waals surface area contributed by atoms with Crippen LogP contribution in [-0.2, 0) is 4.79 Å². The lowest BCUT2D eigenvalue weighted by molar-refractivity contribution is -0.128. The second kappa shape index (κ2) is 6.23. The summed E-state index contributed by atoms with van der Waals surface area (Å²) in [5.74, 6) is 0.181. The van der Waals surface area contributed by atoms with E-state index in [1.54, 1.807) is 19.0 Å². The quantitative estimate of drug-likeness (QED) is 0.834. The summed E-state index contributed by atoms with van der Waals surface area (Å²) in [7, 11) is 3.58. The van der Waals surface area contributed by atoms with Crippen molar-refractivity contribution in [2.45, 2.75) is 12.8 Å². The summed E-state index contributed by atoms with van der Waals surface area (Å²) in [5.41, 5.74) is 1.11. The van der Waals surface area contributed by atoms with Gasteiger partial charge in [-0.3, -0.25) is 4.79 Å². The molecule has 1 amide bonds. The van der Waals surface area contributed by atoms with Crippen LogP contribution in [0.1, 0.15) is 12.8 Å². The Bertz CT molecular complexity index is 563. The van der Waals surface area contributed by atoms with Crippen molar-refractivity contribution >= 4 is 22.4 Å². The molecule has 2 rings (SSSR count). The van der Waals surface area contributed by atoms with Gasteiger partial charge in [0, 0.05) is 32.7 Å². The van der Waals surface area contributed by atoms with Crippen LogP contribution in [0.5, 0.6) is 0 Å². The summed E-state index contributed by atoms with van der Waals surface area (Å²) in [6, 6.07) is 14.6. The van der Waals surface area contributed by atoms with E-state index in [-0.39, 0.29) is 5.91 Å². The van der Waals surface area contributed by atoms with Gasteiger partial charge < -0.3 is 10.2 Å². The molecular weight excluding hydrogens is 236 g/mol. The van der Waals surface area contributed by atoms with Crippen molar-refractivity contribution in [1.29, 1.82) is 0 Å². The third kappa shape index (κ3) is 3.71. The smallest absolute Gasteiger partial charge is 0.222 e. The van der Waals surface area contributed by atoms with Crippen molar-refractivity contribution < 1.29 is 4.79 Å². The molecule has 0 spiro atoms. The number of carbonyl (C=O) groups excluding carboxylic acids is 1. The fourth-order valence-corrected chi connectivity index (χ4v) is 2.00. The largest absolute Gasteiger partial charge is 0.385 e. The van der Waals surface area contributed by atoms with Crippen LogP contribution in [0.25, 0.3) is 10.8 Å². The Morgan fingerprint density at radius 2 is 1.84 bits per heavy atom. The van der Waals surface area contributed by atoms with Gasteiger partial charge in [-0.05, 0) is 29.3 Å². The SMILES string of the molecule is CN(C)C(=O)CCCNc1ccc2ccccc2c1. The summed E-state index contributed by atoms with van der Waals surface area (Å²) < 4.78 is 0. The minimum atomic E-state index is 0.181. The Morgan fingerprint density at radius 3 is 2.58 bits per heavy atom. The molecule has 0 saturated heterocycles. The zero-order chi connectivity index (χ0) is 13.7. The van der Waals surface area contributed by atoms with Crippen LogP contribution in [0.15, 0.2) is 42.5 Å². The van der Waals surface area contributed by atoms with E-state index in [4.69, 9.17) is 0 Å². The first-order valence-corrected chi connectivity index (χ1v) is 6.59. The van der Waals surface area contributed by atoms with E-state index in [1.165, 1.54) is 10.8 Å². The summed E-state index contributed by atoms with van der Waals surface area (Å²) in [5, 5.41) is 5.84. The van der Waals surface area contributed by atoms with Gasteiger partial charge in [-0.25, -0.2) is 0 Å². The first kappa shape index (κ1) is 13.4. The molecule has 2 aromatic carbocycles. The molecular formula is C16H20N2O. The predicted molar refractivity (Wildman–Crippen MR) is 80.4 cm³/mol. The van der Waals surface area contributed by atoms with Gasteiger partial charge in [-0.1, -0.05) is 30.3 Å². The molecule has 0 fully saturated rings. The first-order chi connectivity index (χ1) is 9.16. The Hall–Kier alpha value is -2.03. The van der Waals surface area contributed by atoms with Crippen LogP contribution in [0.4, 0.5) is 5.69 Å². The lowest BCUT2D eigenvalue weighted by atomic mass is 10.1. The lowest BCUT2D eigenvalue weighted by Gasteiger charge is -2.11. The molecule has 0 aliphatic rings. The van der Waals surface area contributed by atoms with Gasteiger partial charge in [-0.15, -0.1) is 0 Å². The maximum atomic E-state index is 11.4. The summed E-state index contributed by atoms with van der Waals surface area (Å²) >= 11 is 0. The van der Waals surface area contributed by atoms with Crippen LogP contribution >= 0.6 is 0 Å². The van der Waals surface area contributed by atoms with E-state index in [0.717, 1.165) is 18.7 Å². The summed E-state index contributed by atoms with van der Waals surface area (Å²) in [6.07, 6.45) is 1.44. The van der Waals surface area contributed by atoms with Gasteiger partial charge >= 0.3 is 0 Å². The number of carbonyl (C=O) groups is 1. The number of amides is 1. The monoisotopic (exact) mass is 256 g/mol. The first-order valence-electron chi connectivity index (χ1n) is 6.59. The molecule has 0 saturated carbocycles. The van der Waals surface area contributed by atoms with Gasteiger partial charge in [0.2, 0.25) is 5.91 Å². The van der Waals surface area contributed by atoms with Crippen LogP contribution in [0.2, 0.25) is 0 Å². The molecule has 0 aromatic heterocycles. The topological polar surface area (TPSA) is 32.3 Å². The van der Waals surface area contributed by atoms with E-state index >= 15 is 0 Å². The Kier molecular flexibility index (Phi) is 4.39.